The Morgan fingerprint density at radius 1 is 0.293 bits per heavy atom. The minimum absolute atomic E-state index is 0.648. The molecule has 0 aliphatic rings. The Bertz CT molecular complexity index is 3490. The van der Waals surface area contributed by atoms with Crippen molar-refractivity contribution in [3.63, 3.8) is 0 Å². The summed E-state index contributed by atoms with van der Waals surface area (Å²) in [7, 11) is 0. The summed E-state index contributed by atoms with van der Waals surface area (Å²) in [5.74, 6) is 0.648. The molecule has 0 atom stereocenters. The summed E-state index contributed by atoms with van der Waals surface area (Å²) in [6, 6.07) is 73.7. The van der Waals surface area contributed by atoms with Gasteiger partial charge in [-0.15, -0.1) is 0 Å². The smallest absolute Gasteiger partial charge is 0.235 e. The molecule has 0 aliphatic carbocycles. The molecule has 0 spiro atoms. The quantitative estimate of drug-likeness (QED) is 0.176. The first-order valence-electron chi connectivity index (χ1n) is 19.8. The zero-order valence-electron chi connectivity index (χ0n) is 31.4. The highest BCUT2D eigenvalue weighted by Crippen LogP contribution is 2.44. The van der Waals surface area contributed by atoms with Gasteiger partial charge in [-0.3, -0.25) is 4.57 Å². The van der Waals surface area contributed by atoms with Crippen LogP contribution in [0.15, 0.2) is 206 Å². The zero-order chi connectivity index (χ0) is 38.2. The maximum absolute atomic E-state index is 5.27. The van der Waals surface area contributed by atoms with Gasteiger partial charge in [0.25, 0.3) is 0 Å². The van der Waals surface area contributed by atoms with E-state index in [1.165, 1.54) is 65.3 Å². The van der Waals surface area contributed by atoms with Gasteiger partial charge in [0.15, 0.2) is 0 Å². The summed E-state index contributed by atoms with van der Waals surface area (Å²) in [5, 5.41) is 9.79. The lowest BCUT2D eigenvalue weighted by Crippen LogP contribution is -2.04. The van der Waals surface area contributed by atoms with Crippen LogP contribution in [-0.2, 0) is 0 Å². The number of hydrogen-bond donors (Lipinski definition) is 0. The summed E-state index contributed by atoms with van der Waals surface area (Å²) in [6.07, 6.45) is 0. The molecule has 4 heteroatoms. The molecular weight excluding hydrogens is 705 g/mol. The SMILES string of the molecule is c1ccc(-c2cc(-c3ccccc3)nc(-n3c4ccccc4c4c5cccc(-c6cccc7c6ccc6c7c7ccccc7n6-c6ccccc6)c5ccc43)n2)cc1. The van der Waals surface area contributed by atoms with Crippen molar-refractivity contribution >= 4 is 65.2 Å². The molecular formula is C54H34N4. The van der Waals surface area contributed by atoms with E-state index < -0.39 is 0 Å². The lowest BCUT2D eigenvalue weighted by Gasteiger charge is -2.14. The van der Waals surface area contributed by atoms with E-state index in [9.17, 15) is 0 Å². The second kappa shape index (κ2) is 12.9. The van der Waals surface area contributed by atoms with Crippen LogP contribution in [-0.4, -0.2) is 19.1 Å². The molecule has 0 N–H and O–H groups in total. The van der Waals surface area contributed by atoms with Gasteiger partial charge < -0.3 is 4.57 Å². The molecule has 0 unspecified atom stereocenters. The van der Waals surface area contributed by atoms with Crippen LogP contribution in [0.3, 0.4) is 0 Å². The summed E-state index contributed by atoms with van der Waals surface area (Å²) in [6.45, 7) is 0. The Kier molecular flexibility index (Phi) is 7.20. The molecule has 0 saturated heterocycles. The average Bonchev–Trinajstić information content (AvgIpc) is 3.83. The number of aromatic nitrogens is 4. The van der Waals surface area contributed by atoms with Crippen molar-refractivity contribution in [3.05, 3.63) is 206 Å². The van der Waals surface area contributed by atoms with Crippen LogP contribution in [0.4, 0.5) is 0 Å². The minimum Gasteiger partial charge on any atom is -0.309 e. The predicted octanol–water partition coefficient (Wildman–Crippen LogP) is 14.0. The highest BCUT2D eigenvalue weighted by molar-refractivity contribution is 6.26. The molecule has 3 heterocycles. The highest BCUT2D eigenvalue weighted by atomic mass is 15.2. The molecule has 0 saturated carbocycles. The largest absolute Gasteiger partial charge is 0.309 e. The normalized spacial score (nSPS) is 11.8. The Balaban J connectivity index is 1.10. The third kappa shape index (κ3) is 4.88. The van der Waals surface area contributed by atoms with Gasteiger partial charge >= 0.3 is 0 Å². The Morgan fingerprint density at radius 3 is 1.26 bits per heavy atom. The Morgan fingerprint density at radius 2 is 0.724 bits per heavy atom. The summed E-state index contributed by atoms with van der Waals surface area (Å²) in [5.41, 5.74) is 12.0. The monoisotopic (exact) mass is 738 g/mol. The molecule has 12 rings (SSSR count). The topological polar surface area (TPSA) is 35.6 Å². The van der Waals surface area contributed by atoms with E-state index in [2.05, 4.69) is 203 Å². The van der Waals surface area contributed by atoms with E-state index in [1.807, 2.05) is 12.1 Å². The van der Waals surface area contributed by atoms with Gasteiger partial charge in [0.1, 0.15) is 0 Å². The van der Waals surface area contributed by atoms with Crippen LogP contribution < -0.4 is 0 Å². The van der Waals surface area contributed by atoms with Gasteiger partial charge in [0.05, 0.1) is 33.5 Å². The van der Waals surface area contributed by atoms with Crippen LogP contribution in [0.5, 0.6) is 0 Å². The third-order valence-corrected chi connectivity index (χ3v) is 11.7. The lowest BCUT2D eigenvalue weighted by atomic mass is 9.91. The first-order valence-corrected chi connectivity index (χ1v) is 19.8. The standard InChI is InChI=1S/C54H34N4/c1-4-16-35(17-5-1)46-34-47(36-18-6-2-7-19-36)56-54(55-46)58-49-29-13-11-23-45(49)53-43-27-15-25-39(41(43)31-33-51(53)58)38-24-14-26-42-40(38)30-32-50-52(42)44-22-10-12-28-48(44)57(50)37-20-8-3-9-21-37/h1-34H. The van der Waals surface area contributed by atoms with E-state index in [0.29, 0.717) is 5.95 Å². The first kappa shape index (κ1) is 32.4. The van der Waals surface area contributed by atoms with Crippen LogP contribution in [0.1, 0.15) is 0 Å². The van der Waals surface area contributed by atoms with Gasteiger partial charge in [-0.2, -0.15) is 0 Å². The van der Waals surface area contributed by atoms with E-state index in [1.54, 1.807) is 0 Å². The molecule has 0 fully saturated rings. The number of hydrogen-bond acceptors (Lipinski definition) is 2. The van der Waals surface area contributed by atoms with Gasteiger partial charge in [0.2, 0.25) is 5.95 Å². The van der Waals surface area contributed by atoms with Crippen molar-refractivity contribution in [2.24, 2.45) is 0 Å². The first-order chi connectivity index (χ1) is 28.8. The fourth-order valence-electron chi connectivity index (χ4n) is 9.24. The predicted molar refractivity (Wildman–Crippen MR) is 242 cm³/mol. The van der Waals surface area contributed by atoms with Crippen LogP contribution in [0.2, 0.25) is 0 Å². The second-order valence-electron chi connectivity index (χ2n) is 14.9. The van der Waals surface area contributed by atoms with Crippen molar-refractivity contribution in [1.29, 1.82) is 0 Å². The number of para-hydroxylation sites is 3. The maximum atomic E-state index is 5.27. The van der Waals surface area contributed by atoms with E-state index >= 15 is 0 Å². The van der Waals surface area contributed by atoms with Crippen molar-refractivity contribution in [2.45, 2.75) is 0 Å². The molecule has 12 aromatic rings. The zero-order valence-corrected chi connectivity index (χ0v) is 31.4. The summed E-state index contributed by atoms with van der Waals surface area (Å²) >= 11 is 0. The van der Waals surface area contributed by atoms with Gasteiger partial charge in [-0.05, 0) is 75.1 Å². The highest BCUT2D eigenvalue weighted by Gasteiger charge is 2.21. The van der Waals surface area contributed by atoms with Crippen molar-refractivity contribution in [1.82, 2.24) is 19.1 Å². The Labute approximate surface area is 334 Å². The van der Waals surface area contributed by atoms with E-state index in [-0.39, 0.29) is 0 Å². The van der Waals surface area contributed by atoms with Crippen molar-refractivity contribution in [3.8, 4) is 45.3 Å². The number of nitrogens with zero attached hydrogens (tertiary/aromatic N) is 4. The van der Waals surface area contributed by atoms with Crippen molar-refractivity contribution < 1.29 is 0 Å². The average molecular weight is 739 g/mol. The summed E-state index contributed by atoms with van der Waals surface area (Å²) < 4.78 is 4.63. The fraction of sp³-hybridized carbons (Fsp3) is 0. The van der Waals surface area contributed by atoms with E-state index in [4.69, 9.17) is 9.97 Å². The van der Waals surface area contributed by atoms with Crippen molar-refractivity contribution in [2.75, 3.05) is 0 Å². The second-order valence-corrected chi connectivity index (χ2v) is 14.9. The van der Waals surface area contributed by atoms with Gasteiger partial charge in [-0.25, -0.2) is 9.97 Å². The van der Waals surface area contributed by atoms with E-state index in [0.717, 1.165) is 39.2 Å². The molecule has 3 aromatic heterocycles. The maximum Gasteiger partial charge on any atom is 0.235 e. The molecule has 0 amide bonds. The van der Waals surface area contributed by atoms with Gasteiger partial charge in [0, 0.05) is 38.4 Å². The summed E-state index contributed by atoms with van der Waals surface area (Å²) in [4.78, 5) is 10.5. The molecule has 9 aromatic carbocycles. The fourth-order valence-corrected chi connectivity index (χ4v) is 9.24. The lowest BCUT2D eigenvalue weighted by molar-refractivity contribution is 0.996. The number of benzene rings is 9. The molecule has 270 valence electrons. The van der Waals surface area contributed by atoms with Crippen LogP contribution >= 0.6 is 0 Å². The minimum atomic E-state index is 0.648. The molecule has 58 heavy (non-hydrogen) atoms. The van der Waals surface area contributed by atoms with Gasteiger partial charge in [-0.1, -0.05) is 164 Å². The Hall–Kier alpha value is -7.82. The number of fused-ring (bicyclic) bond motifs is 10. The van der Waals surface area contributed by atoms with Crippen LogP contribution in [0, 0.1) is 0 Å². The molecule has 0 aliphatic heterocycles. The number of rotatable bonds is 5. The van der Waals surface area contributed by atoms with Crippen LogP contribution in [0.25, 0.3) is 110 Å². The molecule has 4 nitrogen and oxygen atoms in total. The third-order valence-electron chi connectivity index (χ3n) is 11.7. The molecule has 0 bridgehead atoms. The molecule has 0 radical (unpaired) electrons.